The first-order valence-corrected chi connectivity index (χ1v) is 7.02. The molecule has 1 aromatic carbocycles. The van der Waals surface area contributed by atoms with E-state index in [2.05, 4.69) is 17.2 Å². The maximum atomic E-state index is 13.7. The van der Waals surface area contributed by atoms with E-state index in [9.17, 15) is 9.18 Å². The lowest BCUT2D eigenvalue weighted by Gasteiger charge is -2.24. The predicted molar refractivity (Wildman–Crippen MR) is 83.6 cm³/mol. The lowest BCUT2D eigenvalue weighted by molar-refractivity contribution is 0.189. The number of amides is 2. The molecule has 2 N–H and O–H groups in total. The Hall–Kier alpha value is -2.10. The molecule has 22 heavy (non-hydrogen) atoms. The second-order valence-electron chi connectivity index (χ2n) is 4.99. The van der Waals surface area contributed by atoms with Gasteiger partial charge in [-0.3, -0.25) is 0 Å². The number of carbonyl (C=O) groups excluding carboxylic acids is 1. The van der Waals surface area contributed by atoms with E-state index in [1.165, 1.54) is 6.07 Å². The molecule has 5 nitrogen and oxygen atoms in total. The molecule has 0 aliphatic rings. The van der Waals surface area contributed by atoms with Gasteiger partial charge in [-0.25, -0.2) is 9.18 Å². The summed E-state index contributed by atoms with van der Waals surface area (Å²) in [5.74, 6) is 4.75. The Morgan fingerprint density at radius 2 is 2.00 bits per heavy atom. The van der Waals surface area contributed by atoms with Crippen LogP contribution >= 0.6 is 0 Å². The van der Waals surface area contributed by atoms with Crippen LogP contribution in [0.25, 0.3) is 0 Å². The molecule has 1 rings (SSSR count). The number of nitrogens with zero attached hydrogens (tertiary/aromatic N) is 2. The van der Waals surface area contributed by atoms with Gasteiger partial charge in [0.05, 0.1) is 13.1 Å². The average Bonchev–Trinajstić information content (AvgIpc) is 2.49. The van der Waals surface area contributed by atoms with Crippen LogP contribution in [0.5, 0.6) is 0 Å². The van der Waals surface area contributed by atoms with Gasteiger partial charge in [-0.05, 0) is 20.2 Å². The quantitative estimate of drug-likeness (QED) is 0.768. The molecule has 6 heteroatoms. The summed E-state index contributed by atoms with van der Waals surface area (Å²) < 4.78 is 13.7. The number of likely N-dealkylation sites (N-methyl/N-ethyl adjacent to an activating group) is 1. The molecule has 0 spiro atoms. The number of hydrogen-bond acceptors (Lipinski definition) is 3. The standard InChI is InChI=1S/C16H22FN3O2/c1-19(2)10-11-20(16(22)18-9-5-6-12-21)13-14-7-3-4-8-15(14)17/h3-4,7-8,21H,9-13H2,1-2H3,(H,18,22). The van der Waals surface area contributed by atoms with Crippen molar-refractivity contribution in [2.24, 2.45) is 0 Å². The van der Waals surface area contributed by atoms with E-state index in [1.807, 2.05) is 19.0 Å². The van der Waals surface area contributed by atoms with Gasteiger partial charge in [-0.2, -0.15) is 0 Å². The fraction of sp³-hybridized carbons (Fsp3) is 0.438. The zero-order valence-electron chi connectivity index (χ0n) is 13.0. The molecule has 0 saturated carbocycles. The van der Waals surface area contributed by atoms with Crippen LogP contribution in [0.3, 0.4) is 0 Å². The third-order valence-electron chi connectivity index (χ3n) is 2.96. The molecule has 120 valence electrons. The van der Waals surface area contributed by atoms with Crippen LogP contribution in [-0.2, 0) is 6.54 Å². The van der Waals surface area contributed by atoms with Crippen molar-refractivity contribution in [3.8, 4) is 11.8 Å². The summed E-state index contributed by atoms with van der Waals surface area (Å²) in [4.78, 5) is 15.7. The first-order valence-electron chi connectivity index (χ1n) is 7.02. The summed E-state index contributed by atoms with van der Waals surface area (Å²) in [6.45, 7) is 1.25. The van der Waals surface area contributed by atoms with Crippen molar-refractivity contribution in [3.05, 3.63) is 35.6 Å². The number of hydrogen-bond donors (Lipinski definition) is 2. The summed E-state index contributed by atoms with van der Waals surface area (Å²) in [5, 5.41) is 11.2. The minimum atomic E-state index is -0.328. The Kier molecular flexibility index (Phi) is 7.97. The third kappa shape index (κ3) is 6.57. The topological polar surface area (TPSA) is 55.8 Å². The van der Waals surface area contributed by atoms with Gasteiger partial charge >= 0.3 is 6.03 Å². The van der Waals surface area contributed by atoms with Gasteiger partial charge < -0.3 is 20.2 Å². The Morgan fingerprint density at radius 1 is 1.27 bits per heavy atom. The van der Waals surface area contributed by atoms with E-state index in [1.54, 1.807) is 23.1 Å². The van der Waals surface area contributed by atoms with Crippen LogP contribution in [-0.4, -0.2) is 61.3 Å². The number of halogens is 1. The van der Waals surface area contributed by atoms with E-state index < -0.39 is 0 Å². The first kappa shape index (κ1) is 18.0. The summed E-state index contributed by atoms with van der Waals surface area (Å²) >= 11 is 0. The molecule has 2 amide bonds. The normalized spacial score (nSPS) is 10.0. The summed E-state index contributed by atoms with van der Waals surface area (Å²) in [6, 6.07) is 6.10. The summed E-state index contributed by atoms with van der Waals surface area (Å²) in [5.41, 5.74) is 0.470. The van der Waals surface area contributed by atoms with Gasteiger partial charge in [0, 0.05) is 18.7 Å². The van der Waals surface area contributed by atoms with Gasteiger partial charge in [0.1, 0.15) is 12.4 Å². The van der Waals surface area contributed by atoms with Crippen LogP contribution in [0.4, 0.5) is 9.18 Å². The smallest absolute Gasteiger partial charge is 0.318 e. The molecule has 0 fully saturated rings. The van der Waals surface area contributed by atoms with Crippen LogP contribution in [0, 0.1) is 17.7 Å². The predicted octanol–water partition coefficient (Wildman–Crippen LogP) is 0.895. The first-order chi connectivity index (χ1) is 10.5. The minimum absolute atomic E-state index is 0.148. The largest absolute Gasteiger partial charge is 0.384 e. The monoisotopic (exact) mass is 307 g/mol. The van der Waals surface area contributed by atoms with E-state index >= 15 is 0 Å². The zero-order valence-corrected chi connectivity index (χ0v) is 13.0. The molecule has 0 heterocycles. The molecular formula is C16H22FN3O2. The van der Waals surface area contributed by atoms with Gasteiger partial charge in [-0.15, -0.1) is 0 Å². The number of carbonyl (C=O) groups is 1. The highest BCUT2D eigenvalue weighted by Crippen LogP contribution is 2.10. The minimum Gasteiger partial charge on any atom is -0.384 e. The Balaban J connectivity index is 2.70. The molecule has 0 bridgehead atoms. The number of aliphatic hydroxyl groups excluding tert-OH is 1. The number of benzene rings is 1. The highest BCUT2D eigenvalue weighted by Gasteiger charge is 2.15. The molecule has 0 aliphatic carbocycles. The zero-order chi connectivity index (χ0) is 16.4. The second-order valence-corrected chi connectivity index (χ2v) is 4.99. The van der Waals surface area contributed by atoms with E-state index in [0.717, 1.165) is 0 Å². The molecular weight excluding hydrogens is 285 g/mol. The Bertz CT molecular complexity index is 538. The molecule has 0 radical (unpaired) electrons. The molecule has 0 aromatic heterocycles. The van der Waals surface area contributed by atoms with Gasteiger partial charge in [0.25, 0.3) is 0 Å². The highest BCUT2D eigenvalue weighted by atomic mass is 19.1. The van der Waals surface area contributed by atoms with E-state index in [0.29, 0.717) is 18.7 Å². The third-order valence-corrected chi connectivity index (χ3v) is 2.96. The van der Waals surface area contributed by atoms with Gasteiger partial charge in [0.15, 0.2) is 0 Å². The van der Waals surface area contributed by atoms with E-state index in [4.69, 9.17) is 5.11 Å². The van der Waals surface area contributed by atoms with Crippen molar-refractivity contribution in [1.29, 1.82) is 0 Å². The van der Waals surface area contributed by atoms with Crippen LogP contribution in [0.2, 0.25) is 0 Å². The molecule has 0 unspecified atom stereocenters. The van der Waals surface area contributed by atoms with Crippen molar-refractivity contribution in [3.63, 3.8) is 0 Å². The summed E-state index contributed by atoms with van der Waals surface area (Å²) in [7, 11) is 3.82. The lowest BCUT2D eigenvalue weighted by Crippen LogP contribution is -2.43. The molecule has 0 saturated heterocycles. The molecule has 0 atom stereocenters. The van der Waals surface area contributed by atoms with Crippen molar-refractivity contribution < 1.29 is 14.3 Å². The van der Waals surface area contributed by atoms with Crippen LogP contribution in [0.1, 0.15) is 5.56 Å². The molecule has 1 aromatic rings. The summed E-state index contributed by atoms with van der Waals surface area (Å²) in [6.07, 6.45) is 0. The maximum Gasteiger partial charge on any atom is 0.318 e. The second kappa shape index (κ2) is 9.77. The van der Waals surface area contributed by atoms with Gasteiger partial charge in [-0.1, -0.05) is 30.0 Å². The Labute approximate surface area is 130 Å². The Morgan fingerprint density at radius 3 is 2.64 bits per heavy atom. The fourth-order valence-corrected chi connectivity index (χ4v) is 1.76. The number of urea groups is 1. The SMILES string of the molecule is CN(C)CCN(Cc1ccccc1F)C(=O)NCC#CCO. The highest BCUT2D eigenvalue weighted by molar-refractivity contribution is 5.74. The van der Waals surface area contributed by atoms with E-state index in [-0.39, 0.29) is 31.5 Å². The lowest BCUT2D eigenvalue weighted by atomic mass is 10.2. The van der Waals surface area contributed by atoms with Gasteiger partial charge in [0.2, 0.25) is 0 Å². The van der Waals surface area contributed by atoms with Crippen molar-refractivity contribution in [1.82, 2.24) is 15.1 Å². The fourth-order valence-electron chi connectivity index (χ4n) is 1.76. The number of rotatable bonds is 6. The molecule has 0 aliphatic heterocycles. The number of aliphatic hydroxyl groups is 1. The van der Waals surface area contributed by atoms with Crippen LogP contribution < -0.4 is 5.32 Å². The van der Waals surface area contributed by atoms with Crippen molar-refractivity contribution >= 4 is 6.03 Å². The maximum absolute atomic E-state index is 13.7. The number of nitrogens with one attached hydrogen (secondary N) is 1. The van der Waals surface area contributed by atoms with Crippen molar-refractivity contribution in [2.45, 2.75) is 6.54 Å². The average molecular weight is 307 g/mol. The van der Waals surface area contributed by atoms with Crippen LogP contribution in [0.15, 0.2) is 24.3 Å². The van der Waals surface area contributed by atoms with Crippen molar-refractivity contribution in [2.75, 3.05) is 40.3 Å².